The summed E-state index contributed by atoms with van der Waals surface area (Å²) in [7, 11) is 0. The minimum absolute atomic E-state index is 0.210. The van der Waals surface area contributed by atoms with Gasteiger partial charge in [0.25, 0.3) is 0 Å². The van der Waals surface area contributed by atoms with Crippen LogP contribution in [0.25, 0.3) is 0 Å². The zero-order valence-electron chi connectivity index (χ0n) is 15.0. The minimum atomic E-state index is 0.210. The average Bonchev–Trinajstić information content (AvgIpc) is 3.30. The first-order valence-corrected chi connectivity index (χ1v) is 10.0. The molecule has 2 fully saturated rings. The van der Waals surface area contributed by atoms with Gasteiger partial charge in [-0.25, -0.2) is 4.98 Å². The van der Waals surface area contributed by atoms with Crippen LogP contribution >= 0.6 is 11.8 Å². The molecule has 24 heavy (non-hydrogen) atoms. The van der Waals surface area contributed by atoms with Crippen LogP contribution in [0.3, 0.4) is 0 Å². The summed E-state index contributed by atoms with van der Waals surface area (Å²) in [5.74, 6) is 2.89. The first-order valence-electron chi connectivity index (χ1n) is 9.06. The smallest absolute Gasteiger partial charge is 0.233 e. The van der Waals surface area contributed by atoms with Crippen molar-refractivity contribution < 1.29 is 4.79 Å². The molecule has 0 aromatic carbocycles. The molecule has 0 unspecified atom stereocenters. The number of carbonyl (C=O) groups excluding carboxylic acids is 1. The molecule has 0 spiro atoms. The van der Waals surface area contributed by atoms with E-state index < -0.39 is 0 Å². The van der Waals surface area contributed by atoms with Gasteiger partial charge in [-0.15, -0.1) is 5.10 Å². The van der Waals surface area contributed by atoms with Gasteiger partial charge in [-0.2, -0.15) is 0 Å². The molecule has 1 aromatic heterocycles. The van der Waals surface area contributed by atoms with Crippen LogP contribution in [0, 0.1) is 18.8 Å². The SMILES string of the molecule is Cc1nc(SCC(=O)N2CCCN(CC3CC3)[C@H](C(C)C)C2)n[nH]1. The summed E-state index contributed by atoms with van der Waals surface area (Å²) in [6.07, 6.45) is 3.85. The molecule has 7 heteroatoms. The highest BCUT2D eigenvalue weighted by Crippen LogP contribution is 2.32. The fraction of sp³-hybridized carbons (Fsp3) is 0.824. The van der Waals surface area contributed by atoms with Gasteiger partial charge in [-0.1, -0.05) is 25.6 Å². The third kappa shape index (κ3) is 4.72. The Morgan fingerprint density at radius 3 is 2.79 bits per heavy atom. The molecule has 1 aliphatic carbocycles. The van der Waals surface area contributed by atoms with Crippen molar-refractivity contribution in [2.45, 2.75) is 51.2 Å². The van der Waals surface area contributed by atoms with E-state index in [4.69, 9.17) is 0 Å². The quantitative estimate of drug-likeness (QED) is 0.796. The summed E-state index contributed by atoms with van der Waals surface area (Å²) in [6.45, 7) is 10.5. The molecule has 1 N–H and O–H groups in total. The Hall–Kier alpha value is -1.08. The van der Waals surface area contributed by atoms with Crippen LogP contribution < -0.4 is 0 Å². The lowest BCUT2D eigenvalue weighted by Crippen LogP contribution is -2.46. The standard InChI is InChI=1S/C17H29N5OS/c1-12(2)15-10-22(8-4-7-21(15)9-14-5-6-14)16(23)11-24-17-18-13(3)19-20-17/h12,14-15H,4-11H2,1-3H3,(H,18,19,20)/t15-/m0/s1. The van der Waals surface area contributed by atoms with Gasteiger partial charge in [-0.05, 0) is 38.0 Å². The van der Waals surface area contributed by atoms with E-state index >= 15 is 0 Å². The van der Waals surface area contributed by atoms with Crippen molar-refractivity contribution in [3.63, 3.8) is 0 Å². The van der Waals surface area contributed by atoms with Crippen LogP contribution in [0.4, 0.5) is 0 Å². The number of carbonyl (C=O) groups is 1. The Morgan fingerprint density at radius 1 is 1.38 bits per heavy atom. The Bertz CT molecular complexity index is 557. The number of aryl methyl sites for hydroxylation is 1. The number of H-pyrrole nitrogens is 1. The van der Waals surface area contributed by atoms with Gasteiger partial charge in [0, 0.05) is 32.2 Å². The maximum absolute atomic E-state index is 12.7. The van der Waals surface area contributed by atoms with Crippen molar-refractivity contribution >= 4 is 17.7 Å². The van der Waals surface area contributed by atoms with Gasteiger partial charge in [0.1, 0.15) is 5.82 Å². The van der Waals surface area contributed by atoms with Gasteiger partial charge in [-0.3, -0.25) is 14.8 Å². The topological polar surface area (TPSA) is 65.1 Å². The number of thioether (sulfide) groups is 1. The van der Waals surface area contributed by atoms with E-state index in [2.05, 4.69) is 38.8 Å². The highest BCUT2D eigenvalue weighted by Gasteiger charge is 2.33. The van der Waals surface area contributed by atoms with Crippen molar-refractivity contribution in [3.05, 3.63) is 5.82 Å². The van der Waals surface area contributed by atoms with Crippen molar-refractivity contribution in [1.82, 2.24) is 25.0 Å². The van der Waals surface area contributed by atoms with Crippen molar-refractivity contribution in [3.8, 4) is 0 Å². The van der Waals surface area contributed by atoms with Gasteiger partial charge in [0.2, 0.25) is 11.1 Å². The first kappa shape index (κ1) is 17.7. The molecule has 6 nitrogen and oxygen atoms in total. The highest BCUT2D eigenvalue weighted by molar-refractivity contribution is 7.99. The molecule has 1 aliphatic heterocycles. The third-order valence-corrected chi connectivity index (χ3v) is 5.80. The average molecular weight is 352 g/mol. The maximum atomic E-state index is 12.7. The monoisotopic (exact) mass is 351 g/mol. The highest BCUT2D eigenvalue weighted by atomic mass is 32.2. The van der Waals surface area contributed by atoms with Crippen LogP contribution in [0.1, 0.15) is 38.9 Å². The Kier molecular flexibility index (Phi) is 5.81. The predicted octanol–water partition coefficient (Wildman–Crippen LogP) is 2.17. The molecule has 0 bridgehead atoms. The van der Waals surface area contributed by atoms with E-state index in [1.165, 1.54) is 31.1 Å². The fourth-order valence-electron chi connectivity index (χ4n) is 3.39. The number of aromatic nitrogens is 3. The summed E-state index contributed by atoms with van der Waals surface area (Å²) in [5, 5.41) is 7.57. The number of nitrogens with zero attached hydrogens (tertiary/aromatic N) is 4. The Labute approximate surface area is 148 Å². The van der Waals surface area contributed by atoms with Crippen LogP contribution in [-0.4, -0.2) is 68.9 Å². The first-order chi connectivity index (χ1) is 11.5. The van der Waals surface area contributed by atoms with Crippen LogP contribution in [0.15, 0.2) is 5.16 Å². The number of amides is 1. The summed E-state index contributed by atoms with van der Waals surface area (Å²) in [5.41, 5.74) is 0. The number of aromatic amines is 1. The maximum Gasteiger partial charge on any atom is 0.233 e. The summed E-state index contributed by atoms with van der Waals surface area (Å²) in [4.78, 5) is 21.6. The lowest BCUT2D eigenvalue weighted by Gasteiger charge is -2.34. The molecule has 0 radical (unpaired) electrons. The van der Waals surface area contributed by atoms with Gasteiger partial charge in [0.05, 0.1) is 5.75 Å². The van der Waals surface area contributed by atoms with Crippen molar-refractivity contribution in [1.29, 1.82) is 0 Å². The lowest BCUT2D eigenvalue weighted by molar-refractivity contribution is -0.128. The summed E-state index contributed by atoms with van der Waals surface area (Å²) >= 11 is 1.42. The van der Waals surface area contributed by atoms with E-state index in [-0.39, 0.29) is 5.91 Å². The second-order valence-electron chi connectivity index (χ2n) is 7.44. The molecule has 1 saturated carbocycles. The second-order valence-corrected chi connectivity index (χ2v) is 8.38. The van der Waals surface area contributed by atoms with Gasteiger partial charge in [0.15, 0.2) is 0 Å². The largest absolute Gasteiger partial charge is 0.340 e. The second kappa shape index (κ2) is 7.87. The zero-order chi connectivity index (χ0) is 17.1. The van der Waals surface area contributed by atoms with Crippen molar-refractivity contribution in [2.75, 3.05) is 31.9 Å². The summed E-state index contributed by atoms with van der Waals surface area (Å²) in [6, 6.07) is 0.479. The molecular weight excluding hydrogens is 322 g/mol. The molecule has 134 valence electrons. The molecule has 1 amide bonds. The molecule has 2 aliphatic rings. The van der Waals surface area contributed by atoms with E-state index in [9.17, 15) is 4.79 Å². The van der Waals surface area contributed by atoms with E-state index in [1.54, 1.807) is 0 Å². The molecule has 2 heterocycles. The zero-order valence-corrected chi connectivity index (χ0v) is 15.8. The molecule has 1 saturated heterocycles. The molecular formula is C17H29N5OS. The number of nitrogens with one attached hydrogen (secondary N) is 1. The predicted molar refractivity (Wildman–Crippen MR) is 96.0 cm³/mol. The van der Waals surface area contributed by atoms with Crippen LogP contribution in [0.2, 0.25) is 0 Å². The number of rotatable bonds is 6. The van der Waals surface area contributed by atoms with Crippen LogP contribution in [0.5, 0.6) is 0 Å². The van der Waals surface area contributed by atoms with E-state index in [0.29, 0.717) is 22.9 Å². The fourth-order valence-corrected chi connectivity index (χ4v) is 4.13. The number of hydrogen-bond donors (Lipinski definition) is 1. The lowest BCUT2D eigenvalue weighted by atomic mass is 10.0. The Morgan fingerprint density at radius 2 is 2.17 bits per heavy atom. The Balaban J connectivity index is 1.56. The molecule has 3 rings (SSSR count). The normalized spacial score (nSPS) is 22.8. The summed E-state index contributed by atoms with van der Waals surface area (Å²) < 4.78 is 0. The van der Waals surface area contributed by atoms with Gasteiger partial charge >= 0.3 is 0 Å². The molecule has 1 aromatic rings. The minimum Gasteiger partial charge on any atom is -0.340 e. The number of hydrogen-bond acceptors (Lipinski definition) is 5. The van der Waals surface area contributed by atoms with Gasteiger partial charge < -0.3 is 4.90 Å². The van der Waals surface area contributed by atoms with E-state index in [1.807, 2.05) is 6.92 Å². The van der Waals surface area contributed by atoms with Crippen LogP contribution in [-0.2, 0) is 4.79 Å². The molecule has 1 atom stereocenters. The third-order valence-electron chi connectivity index (χ3n) is 4.96. The van der Waals surface area contributed by atoms with Crippen molar-refractivity contribution in [2.24, 2.45) is 11.8 Å². The van der Waals surface area contributed by atoms with E-state index in [0.717, 1.165) is 37.8 Å².